The molecule has 9 heteroatoms. The number of rotatable bonds is 4. The van der Waals surface area contributed by atoms with Gasteiger partial charge in [0.1, 0.15) is 11.6 Å². The molecule has 0 aliphatic carbocycles. The lowest BCUT2D eigenvalue weighted by atomic mass is 10.00. The summed E-state index contributed by atoms with van der Waals surface area (Å²) in [5.41, 5.74) is 0.337. The Morgan fingerprint density at radius 1 is 1.24 bits per heavy atom. The molecule has 4 rings (SSSR count). The van der Waals surface area contributed by atoms with E-state index in [0.717, 1.165) is 12.1 Å². The lowest BCUT2D eigenvalue weighted by Gasteiger charge is -2.32. The van der Waals surface area contributed by atoms with Crippen LogP contribution in [0.1, 0.15) is 40.3 Å². The molecule has 1 aromatic carbocycles. The van der Waals surface area contributed by atoms with E-state index in [2.05, 4.69) is 15.5 Å². The van der Waals surface area contributed by atoms with Gasteiger partial charge in [-0.25, -0.2) is 8.78 Å². The molecule has 6 nitrogen and oxygen atoms in total. The van der Waals surface area contributed by atoms with Gasteiger partial charge in [-0.15, -0.1) is 11.3 Å². The number of halogens is 2. The Kier molecular flexibility index (Phi) is 4.70. The molecule has 0 bridgehead atoms. The number of carbonyl (C=O) groups excluding carboxylic acids is 2. The first-order valence-corrected chi connectivity index (χ1v) is 9.83. The number of aromatic amines is 1. The normalized spacial score (nSPS) is 14.7. The van der Waals surface area contributed by atoms with Crippen LogP contribution in [-0.4, -0.2) is 26.9 Å². The van der Waals surface area contributed by atoms with Gasteiger partial charge in [-0.3, -0.25) is 14.7 Å². The summed E-state index contributed by atoms with van der Waals surface area (Å²) in [5, 5.41) is 11.6. The van der Waals surface area contributed by atoms with Crippen LogP contribution in [0.5, 0.6) is 0 Å². The molecule has 29 heavy (non-hydrogen) atoms. The van der Waals surface area contributed by atoms with E-state index in [1.54, 1.807) is 17.5 Å². The number of hydrogen-bond acceptors (Lipinski definition) is 4. The van der Waals surface area contributed by atoms with Gasteiger partial charge >= 0.3 is 0 Å². The summed E-state index contributed by atoms with van der Waals surface area (Å²) in [4.78, 5) is 27.3. The van der Waals surface area contributed by atoms with Crippen molar-refractivity contribution < 1.29 is 18.4 Å². The number of benzene rings is 1. The summed E-state index contributed by atoms with van der Waals surface area (Å²) < 4.78 is 27.9. The van der Waals surface area contributed by atoms with E-state index in [-0.39, 0.29) is 18.0 Å². The zero-order valence-corrected chi connectivity index (χ0v) is 16.6. The average molecular weight is 416 g/mol. The highest BCUT2D eigenvalue weighted by atomic mass is 32.1. The maximum absolute atomic E-state index is 14.0. The van der Waals surface area contributed by atoms with E-state index in [0.29, 0.717) is 22.0 Å². The van der Waals surface area contributed by atoms with Crippen LogP contribution in [0.3, 0.4) is 0 Å². The Balaban J connectivity index is 1.57. The highest BCUT2D eigenvalue weighted by molar-refractivity contribution is 7.12. The molecule has 0 saturated carbocycles. The van der Waals surface area contributed by atoms with E-state index in [1.807, 2.05) is 13.8 Å². The zero-order valence-electron chi connectivity index (χ0n) is 15.8. The van der Waals surface area contributed by atoms with Crippen molar-refractivity contribution in [2.45, 2.75) is 32.4 Å². The predicted molar refractivity (Wildman–Crippen MR) is 104 cm³/mol. The van der Waals surface area contributed by atoms with Crippen LogP contribution in [0, 0.1) is 11.6 Å². The molecule has 0 radical (unpaired) electrons. The van der Waals surface area contributed by atoms with Gasteiger partial charge < -0.3 is 10.2 Å². The molecule has 0 unspecified atom stereocenters. The molecule has 0 saturated heterocycles. The van der Waals surface area contributed by atoms with Crippen molar-refractivity contribution in [3.05, 3.63) is 69.0 Å². The number of carbonyl (C=O) groups is 2. The monoisotopic (exact) mass is 416 g/mol. The molecule has 2 amide bonds. The third kappa shape index (κ3) is 3.31. The molecule has 150 valence electrons. The van der Waals surface area contributed by atoms with Crippen LogP contribution >= 0.6 is 11.3 Å². The van der Waals surface area contributed by atoms with Gasteiger partial charge in [0.25, 0.3) is 5.91 Å². The number of thiophene rings is 1. The average Bonchev–Trinajstić information content (AvgIpc) is 3.37. The Morgan fingerprint density at radius 3 is 2.62 bits per heavy atom. The lowest BCUT2D eigenvalue weighted by Crippen LogP contribution is -2.41. The van der Waals surface area contributed by atoms with E-state index >= 15 is 0 Å². The largest absolute Gasteiger partial charge is 0.327 e. The van der Waals surface area contributed by atoms with Crippen molar-refractivity contribution in [3.63, 3.8) is 0 Å². The van der Waals surface area contributed by atoms with Gasteiger partial charge in [0.2, 0.25) is 5.91 Å². The lowest BCUT2D eigenvalue weighted by molar-refractivity contribution is -0.136. The predicted octanol–water partition coefficient (Wildman–Crippen LogP) is 3.82. The third-order valence-electron chi connectivity index (χ3n) is 5.14. The number of anilines is 1. The van der Waals surface area contributed by atoms with Gasteiger partial charge in [-0.05, 0) is 37.4 Å². The Morgan fingerprint density at radius 2 is 1.97 bits per heavy atom. The standard InChI is InChI=1S/C20H18F2N4O2S/c1-20(2)17-12(18(25-24-17)23-19(28)15-7-4-8-29-15)10-26(20)16(27)9-11-13(21)5-3-6-14(11)22/h3-8H,9-10H2,1-2H3,(H2,23,24,25,28). The summed E-state index contributed by atoms with van der Waals surface area (Å²) in [6.07, 6.45) is -0.392. The second-order valence-electron chi connectivity index (χ2n) is 7.27. The molecule has 3 aromatic rings. The van der Waals surface area contributed by atoms with Gasteiger partial charge in [0.05, 0.1) is 29.1 Å². The van der Waals surface area contributed by atoms with Gasteiger partial charge in [0, 0.05) is 11.1 Å². The van der Waals surface area contributed by atoms with E-state index in [4.69, 9.17) is 0 Å². The summed E-state index contributed by atoms with van der Waals surface area (Å²) in [6.45, 7) is 3.81. The number of amides is 2. The zero-order chi connectivity index (χ0) is 20.8. The molecule has 0 fully saturated rings. The minimum atomic E-state index is -0.771. The first kappa shape index (κ1) is 19.3. The van der Waals surface area contributed by atoms with E-state index < -0.39 is 29.5 Å². The molecular weight excluding hydrogens is 398 g/mol. The quantitative estimate of drug-likeness (QED) is 0.679. The highest BCUT2D eigenvalue weighted by Gasteiger charge is 2.43. The maximum atomic E-state index is 14.0. The number of nitrogens with zero attached hydrogens (tertiary/aromatic N) is 2. The molecule has 2 N–H and O–H groups in total. The fraction of sp³-hybridized carbons (Fsp3) is 0.250. The molecule has 2 aromatic heterocycles. The molecule has 3 heterocycles. The van der Waals surface area contributed by atoms with Gasteiger partial charge in [-0.1, -0.05) is 12.1 Å². The third-order valence-corrected chi connectivity index (χ3v) is 6.01. The smallest absolute Gasteiger partial charge is 0.266 e. The van der Waals surface area contributed by atoms with Crippen molar-refractivity contribution in [3.8, 4) is 0 Å². The Hall–Kier alpha value is -3.07. The first-order chi connectivity index (χ1) is 13.8. The van der Waals surface area contributed by atoms with Crippen molar-refractivity contribution in [1.29, 1.82) is 0 Å². The van der Waals surface area contributed by atoms with E-state index in [9.17, 15) is 18.4 Å². The van der Waals surface area contributed by atoms with Crippen LogP contribution < -0.4 is 5.32 Å². The van der Waals surface area contributed by atoms with Crippen molar-refractivity contribution in [1.82, 2.24) is 15.1 Å². The fourth-order valence-electron chi connectivity index (χ4n) is 3.54. The summed E-state index contributed by atoms with van der Waals surface area (Å²) in [5.74, 6) is -1.86. The van der Waals surface area contributed by atoms with Crippen molar-refractivity contribution in [2.24, 2.45) is 0 Å². The van der Waals surface area contributed by atoms with Crippen LogP contribution in [0.2, 0.25) is 0 Å². The summed E-state index contributed by atoms with van der Waals surface area (Å²) >= 11 is 1.31. The number of H-pyrrole nitrogens is 1. The number of aromatic nitrogens is 2. The maximum Gasteiger partial charge on any atom is 0.266 e. The molecule has 0 atom stereocenters. The van der Waals surface area contributed by atoms with Crippen LogP contribution in [-0.2, 0) is 23.3 Å². The molecular formula is C20H18F2N4O2S. The van der Waals surface area contributed by atoms with E-state index in [1.165, 1.54) is 22.3 Å². The highest BCUT2D eigenvalue weighted by Crippen LogP contribution is 2.41. The van der Waals surface area contributed by atoms with Crippen molar-refractivity contribution >= 4 is 29.0 Å². The van der Waals surface area contributed by atoms with Gasteiger partial charge in [-0.2, -0.15) is 5.10 Å². The number of hydrogen-bond donors (Lipinski definition) is 2. The minimum Gasteiger partial charge on any atom is -0.327 e. The number of fused-ring (bicyclic) bond motifs is 1. The second kappa shape index (κ2) is 7.07. The minimum absolute atomic E-state index is 0.174. The molecule has 0 spiro atoms. The van der Waals surface area contributed by atoms with Crippen LogP contribution in [0.25, 0.3) is 0 Å². The molecule has 1 aliphatic heterocycles. The SMILES string of the molecule is CC1(C)c2[nH]nc(NC(=O)c3cccs3)c2CN1C(=O)Cc1c(F)cccc1F. The van der Waals surface area contributed by atoms with Crippen LogP contribution in [0.15, 0.2) is 35.7 Å². The number of nitrogens with one attached hydrogen (secondary N) is 2. The fourth-order valence-corrected chi connectivity index (χ4v) is 4.16. The first-order valence-electron chi connectivity index (χ1n) is 8.95. The second-order valence-corrected chi connectivity index (χ2v) is 8.22. The Labute approximate surface area is 169 Å². The van der Waals surface area contributed by atoms with Gasteiger partial charge in [0.15, 0.2) is 5.82 Å². The van der Waals surface area contributed by atoms with Crippen LogP contribution in [0.4, 0.5) is 14.6 Å². The Bertz CT molecular complexity index is 1070. The van der Waals surface area contributed by atoms with Crippen molar-refractivity contribution in [2.75, 3.05) is 5.32 Å². The topological polar surface area (TPSA) is 78.1 Å². The summed E-state index contributed by atoms with van der Waals surface area (Å²) in [6, 6.07) is 7.00. The summed E-state index contributed by atoms with van der Waals surface area (Å²) in [7, 11) is 0. The molecule has 1 aliphatic rings.